The van der Waals surface area contributed by atoms with Gasteiger partial charge in [0.2, 0.25) is 0 Å². The molecular weight excluding hydrogens is 309 g/mol. The van der Waals surface area contributed by atoms with Gasteiger partial charge in [-0.3, -0.25) is 0 Å². The van der Waals surface area contributed by atoms with Gasteiger partial charge in [0, 0.05) is 28.9 Å². The van der Waals surface area contributed by atoms with E-state index >= 15 is 0 Å². The molecule has 1 aromatic rings. The Balaban J connectivity index is 2.56. The van der Waals surface area contributed by atoms with Gasteiger partial charge in [0.1, 0.15) is 15.7 Å². The monoisotopic (exact) mass is 323 g/mol. The minimum absolute atomic E-state index is 0.0468. The SMILES string of the molecule is CC(CS(C)(=O)=O)NCc1ccc(Br)cc1F. The quantitative estimate of drug-likeness (QED) is 0.902. The number of hydrogen-bond donors (Lipinski definition) is 1. The van der Waals surface area contributed by atoms with Crippen molar-refractivity contribution >= 4 is 25.8 Å². The second-order valence-electron chi connectivity index (χ2n) is 4.11. The fourth-order valence-electron chi connectivity index (χ4n) is 1.46. The van der Waals surface area contributed by atoms with Gasteiger partial charge in [0.25, 0.3) is 0 Å². The summed E-state index contributed by atoms with van der Waals surface area (Å²) in [6, 6.07) is 4.60. The van der Waals surface area contributed by atoms with E-state index in [1.807, 2.05) is 0 Å². The zero-order valence-corrected chi connectivity index (χ0v) is 12.1. The predicted molar refractivity (Wildman–Crippen MR) is 70.1 cm³/mol. The van der Waals surface area contributed by atoms with Crippen LogP contribution in [0.25, 0.3) is 0 Å². The number of rotatable bonds is 5. The first kappa shape index (κ1) is 14.6. The maximum Gasteiger partial charge on any atom is 0.148 e. The van der Waals surface area contributed by atoms with E-state index in [-0.39, 0.29) is 17.6 Å². The molecule has 17 heavy (non-hydrogen) atoms. The maximum absolute atomic E-state index is 13.5. The average Bonchev–Trinajstić information content (AvgIpc) is 2.13. The number of hydrogen-bond acceptors (Lipinski definition) is 3. The Hall–Kier alpha value is -0.460. The topological polar surface area (TPSA) is 46.2 Å². The molecule has 0 heterocycles. The van der Waals surface area contributed by atoms with Crippen molar-refractivity contribution in [1.29, 1.82) is 0 Å². The first-order chi connectivity index (χ1) is 7.78. The molecule has 0 aliphatic rings. The molecule has 1 rings (SSSR count). The molecule has 6 heteroatoms. The van der Waals surface area contributed by atoms with Crippen molar-refractivity contribution in [3.05, 3.63) is 34.1 Å². The van der Waals surface area contributed by atoms with E-state index < -0.39 is 9.84 Å². The first-order valence-electron chi connectivity index (χ1n) is 5.13. The van der Waals surface area contributed by atoms with Crippen molar-refractivity contribution in [2.24, 2.45) is 0 Å². The third kappa shape index (κ3) is 5.61. The Kier molecular flexibility index (Phi) is 5.09. The molecule has 0 amide bonds. The lowest BCUT2D eigenvalue weighted by Gasteiger charge is -2.13. The summed E-state index contributed by atoms with van der Waals surface area (Å²) in [5.74, 6) is -0.260. The van der Waals surface area contributed by atoms with Crippen molar-refractivity contribution in [2.75, 3.05) is 12.0 Å². The molecule has 0 aliphatic heterocycles. The molecule has 0 saturated carbocycles. The lowest BCUT2D eigenvalue weighted by molar-refractivity contribution is 0.542. The Bertz CT molecular complexity index is 490. The predicted octanol–water partition coefficient (Wildman–Crippen LogP) is 2.11. The summed E-state index contributed by atoms with van der Waals surface area (Å²) in [7, 11) is -3.01. The summed E-state index contributed by atoms with van der Waals surface area (Å²) in [6.45, 7) is 2.08. The lowest BCUT2D eigenvalue weighted by atomic mass is 10.2. The van der Waals surface area contributed by atoms with Crippen LogP contribution >= 0.6 is 15.9 Å². The molecule has 1 N–H and O–H groups in total. The summed E-state index contributed by atoms with van der Waals surface area (Å²) in [5.41, 5.74) is 0.522. The largest absolute Gasteiger partial charge is 0.309 e. The molecular formula is C11H15BrFNO2S. The molecule has 0 bridgehead atoms. The number of sulfone groups is 1. The van der Waals surface area contributed by atoms with Crippen LogP contribution in [-0.4, -0.2) is 26.5 Å². The van der Waals surface area contributed by atoms with Crippen molar-refractivity contribution in [1.82, 2.24) is 5.32 Å². The summed E-state index contributed by atoms with van der Waals surface area (Å²) in [6.07, 6.45) is 1.19. The van der Waals surface area contributed by atoms with E-state index in [0.717, 1.165) is 0 Å². The van der Waals surface area contributed by atoms with Crippen LogP contribution in [0, 0.1) is 5.82 Å². The van der Waals surface area contributed by atoms with Gasteiger partial charge in [-0.2, -0.15) is 0 Å². The van der Waals surface area contributed by atoms with E-state index in [4.69, 9.17) is 0 Å². The van der Waals surface area contributed by atoms with Crippen LogP contribution in [0.4, 0.5) is 4.39 Å². The smallest absolute Gasteiger partial charge is 0.148 e. The Labute approximate surface area is 109 Å². The summed E-state index contributed by atoms with van der Waals surface area (Å²) < 4.78 is 36.2. The van der Waals surface area contributed by atoms with Gasteiger partial charge in [-0.05, 0) is 19.1 Å². The highest BCUT2D eigenvalue weighted by molar-refractivity contribution is 9.10. The molecule has 0 radical (unpaired) electrons. The van der Waals surface area contributed by atoms with E-state index in [1.165, 1.54) is 12.3 Å². The molecule has 0 aliphatic carbocycles. The van der Waals surface area contributed by atoms with Crippen molar-refractivity contribution in [3.63, 3.8) is 0 Å². The second-order valence-corrected chi connectivity index (χ2v) is 7.21. The number of halogens is 2. The molecule has 1 aromatic carbocycles. The molecule has 0 aromatic heterocycles. The van der Waals surface area contributed by atoms with Crippen LogP contribution in [0.15, 0.2) is 22.7 Å². The van der Waals surface area contributed by atoms with Crippen LogP contribution in [-0.2, 0) is 16.4 Å². The van der Waals surface area contributed by atoms with Gasteiger partial charge >= 0.3 is 0 Å². The van der Waals surface area contributed by atoms with Crippen molar-refractivity contribution < 1.29 is 12.8 Å². The fourth-order valence-corrected chi connectivity index (χ4v) is 2.82. The van der Waals surface area contributed by atoms with E-state index in [1.54, 1.807) is 19.1 Å². The number of benzene rings is 1. The normalized spacial score (nSPS) is 13.6. The third-order valence-corrected chi connectivity index (χ3v) is 3.81. The minimum Gasteiger partial charge on any atom is -0.309 e. The molecule has 0 saturated heterocycles. The van der Waals surface area contributed by atoms with Crippen LogP contribution in [0.1, 0.15) is 12.5 Å². The average molecular weight is 324 g/mol. The molecule has 1 unspecified atom stereocenters. The van der Waals surface area contributed by atoms with Crippen molar-refractivity contribution in [2.45, 2.75) is 19.5 Å². The summed E-state index contributed by atoms with van der Waals surface area (Å²) in [4.78, 5) is 0. The van der Waals surface area contributed by atoms with Crippen LogP contribution in [0.3, 0.4) is 0 Å². The van der Waals surface area contributed by atoms with Crippen LogP contribution in [0.5, 0.6) is 0 Å². The first-order valence-corrected chi connectivity index (χ1v) is 7.98. The van der Waals surface area contributed by atoms with Gasteiger partial charge < -0.3 is 5.32 Å². The zero-order valence-electron chi connectivity index (χ0n) is 9.70. The standard InChI is InChI=1S/C11H15BrFNO2S/c1-8(7-17(2,15)16)14-6-9-3-4-10(12)5-11(9)13/h3-5,8,14H,6-7H2,1-2H3. The highest BCUT2D eigenvalue weighted by Crippen LogP contribution is 2.15. The molecule has 0 fully saturated rings. The molecule has 96 valence electrons. The van der Waals surface area contributed by atoms with E-state index in [0.29, 0.717) is 16.6 Å². The van der Waals surface area contributed by atoms with Gasteiger partial charge in [0.15, 0.2) is 0 Å². The molecule has 1 atom stereocenters. The fraction of sp³-hybridized carbons (Fsp3) is 0.455. The second kappa shape index (κ2) is 5.93. The number of nitrogens with one attached hydrogen (secondary N) is 1. The van der Waals surface area contributed by atoms with Gasteiger partial charge in [-0.1, -0.05) is 22.0 Å². The maximum atomic E-state index is 13.5. The molecule has 3 nitrogen and oxygen atoms in total. The minimum atomic E-state index is -3.01. The Morgan fingerprint density at radius 1 is 1.47 bits per heavy atom. The van der Waals surface area contributed by atoms with Crippen LogP contribution in [0.2, 0.25) is 0 Å². The zero-order chi connectivity index (χ0) is 13.1. The highest BCUT2D eigenvalue weighted by atomic mass is 79.9. The van der Waals surface area contributed by atoms with Gasteiger partial charge in [-0.15, -0.1) is 0 Å². The Morgan fingerprint density at radius 3 is 2.65 bits per heavy atom. The Morgan fingerprint density at radius 2 is 2.12 bits per heavy atom. The molecule has 0 spiro atoms. The van der Waals surface area contributed by atoms with Gasteiger partial charge in [0.05, 0.1) is 5.75 Å². The summed E-state index contributed by atoms with van der Waals surface area (Å²) in [5, 5.41) is 2.98. The van der Waals surface area contributed by atoms with E-state index in [2.05, 4.69) is 21.2 Å². The van der Waals surface area contributed by atoms with E-state index in [9.17, 15) is 12.8 Å². The third-order valence-electron chi connectivity index (χ3n) is 2.21. The summed E-state index contributed by atoms with van der Waals surface area (Å²) >= 11 is 3.18. The lowest BCUT2D eigenvalue weighted by Crippen LogP contribution is -2.32. The van der Waals surface area contributed by atoms with Gasteiger partial charge in [-0.25, -0.2) is 12.8 Å². The highest BCUT2D eigenvalue weighted by Gasteiger charge is 2.10. The van der Waals surface area contributed by atoms with Crippen molar-refractivity contribution in [3.8, 4) is 0 Å². The van der Waals surface area contributed by atoms with Crippen LogP contribution < -0.4 is 5.32 Å².